The second-order valence-corrected chi connectivity index (χ2v) is 10.6. The van der Waals surface area contributed by atoms with Crippen LogP contribution in [0.4, 0.5) is 4.39 Å². The number of amides is 1. The first kappa shape index (κ1) is 20.6. The van der Waals surface area contributed by atoms with E-state index in [0.29, 0.717) is 11.3 Å². The van der Waals surface area contributed by atoms with Crippen LogP contribution in [0.5, 0.6) is 0 Å². The molecule has 0 fully saturated rings. The quantitative estimate of drug-likeness (QED) is 0.741. The summed E-state index contributed by atoms with van der Waals surface area (Å²) in [5.41, 5.74) is 0.0860. The molecule has 0 saturated heterocycles. The highest BCUT2D eigenvalue weighted by atomic mass is 32.2. The van der Waals surface area contributed by atoms with Gasteiger partial charge in [0, 0.05) is 17.8 Å². The molecule has 0 bridgehead atoms. The van der Waals surface area contributed by atoms with Crippen LogP contribution in [0.2, 0.25) is 0 Å². The van der Waals surface area contributed by atoms with Crippen LogP contribution in [-0.2, 0) is 14.6 Å². The highest BCUT2D eigenvalue weighted by Gasteiger charge is 2.31. The van der Waals surface area contributed by atoms with Crippen molar-refractivity contribution < 1.29 is 17.6 Å². The second kappa shape index (κ2) is 7.88. The standard InChI is InChI=1S/C19H24FNO3S2/c1-13-10-14(7-8-15(13)20)26(23,24)17(16-6-5-9-25-16)12-21-18(22)11-19(2,3)4/h5-10,17H,11-12H2,1-4H3,(H,21,22)/t17-/m0/s1. The van der Waals surface area contributed by atoms with E-state index in [9.17, 15) is 17.6 Å². The molecule has 1 amide bonds. The van der Waals surface area contributed by atoms with E-state index in [-0.39, 0.29) is 28.3 Å². The van der Waals surface area contributed by atoms with E-state index in [1.807, 2.05) is 20.8 Å². The smallest absolute Gasteiger partial charge is 0.220 e. The summed E-state index contributed by atoms with van der Waals surface area (Å²) in [6.45, 7) is 7.35. The summed E-state index contributed by atoms with van der Waals surface area (Å²) in [4.78, 5) is 12.8. The van der Waals surface area contributed by atoms with Gasteiger partial charge in [0.15, 0.2) is 9.84 Å². The molecule has 2 aromatic rings. The number of halogens is 1. The fraction of sp³-hybridized carbons (Fsp3) is 0.421. The number of benzene rings is 1. The number of rotatable bonds is 6. The molecule has 0 saturated carbocycles. The average molecular weight is 398 g/mol. The van der Waals surface area contributed by atoms with Gasteiger partial charge >= 0.3 is 0 Å². The van der Waals surface area contributed by atoms with Gasteiger partial charge in [-0.15, -0.1) is 11.3 Å². The summed E-state index contributed by atoms with van der Waals surface area (Å²) in [6.07, 6.45) is 0.305. The van der Waals surface area contributed by atoms with Crippen molar-refractivity contribution in [1.82, 2.24) is 5.32 Å². The monoisotopic (exact) mass is 397 g/mol. The summed E-state index contributed by atoms with van der Waals surface area (Å²) in [6, 6.07) is 7.28. The number of thiophene rings is 1. The third kappa shape index (κ3) is 5.14. The maximum Gasteiger partial charge on any atom is 0.220 e. The summed E-state index contributed by atoms with van der Waals surface area (Å²) in [7, 11) is -3.77. The minimum absolute atomic E-state index is 0.0197. The second-order valence-electron chi connectivity index (χ2n) is 7.50. The van der Waals surface area contributed by atoms with Crippen molar-refractivity contribution in [2.45, 2.75) is 44.3 Å². The van der Waals surface area contributed by atoms with E-state index in [2.05, 4.69) is 5.32 Å². The minimum atomic E-state index is -3.77. The summed E-state index contributed by atoms with van der Waals surface area (Å²) in [5.74, 6) is -0.639. The summed E-state index contributed by atoms with van der Waals surface area (Å²) in [5, 5.41) is 3.63. The first-order chi connectivity index (χ1) is 12.0. The van der Waals surface area contributed by atoms with Gasteiger partial charge in [-0.2, -0.15) is 0 Å². The van der Waals surface area contributed by atoms with E-state index in [4.69, 9.17) is 0 Å². The maximum absolute atomic E-state index is 13.5. The zero-order chi connectivity index (χ0) is 19.5. The van der Waals surface area contributed by atoms with Crippen LogP contribution in [0.1, 0.15) is 42.9 Å². The number of carbonyl (C=O) groups excluding carboxylic acids is 1. The molecule has 0 unspecified atom stereocenters. The Morgan fingerprint density at radius 2 is 1.96 bits per heavy atom. The Morgan fingerprint density at radius 1 is 1.27 bits per heavy atom. The van der Waals surface area contributed by atoms with Crippen molar-refractivity contribution in [3.8, 4) is 0 Å². The molecule has 0 aliphatic heterocycles. The molecule has 7 heteroatoms. The Hall–Kier alpha value is -1.73. The average Bonchev–Trinajstić information content (AvgIpc) is 3.02. The van der Waals surface area contributed by atoms with Crippen molar-refractivity contribution in [1.29, 1.82) is 0 Å². The first-order valence-electron chi connectivity index (χ1n) is 8.31. The van der Waals surface area contributed by atoms with Crippen LogP contribution in [0.25, 0.3) is 0 Å². The maximum atomic E-state index is 13.5. The van der Waals surface area contributed by atoms with Crippen LogP contribution in [0, 0.1) is 18.2 Å². The normalized spacial score (nSPS) is 13.4. The lowest BCUT2D eigenvalue weighted by molar-refractivity contribution is -0.122. The number of sulfone groups is 1. The van der Waals surface area contributed by atoms with Crippen molar-refractivity contribution in [2.24, 2.45) is 5.41 Å². The number of hydrogen-bond acceptors (Lipinski definition) is 4. The number of aryl methyl sites for hydroxylation is 1. The van der Waals surface area contributed by atoms with Crippen LogP contribution in [0.3, 0.4) is 0 Å². The number of nitrogens with one attached hydrogen (secondary N) is 1. The van der Waals surface area contributed by atoms with Crippen molar-refractivity contribution in [3.63, 3.8) is 0 Å². The van der Waals surface area contributed by atoms with Gasteiger partial charge in [0.05, 0.1) is 4.90 Å². The molecule has 1 aromatic carbocycles. The predicted molar refractivity (Wildman–Crippen MR) is 102 cm³/mol. The molecular formula is C19H24FNO3S2. The molecule has 1 heterocycles. The lowest BCUT2D eigenvalue weighted by Gasteiger charge is -2.20. The largest absolute Gasteiger partial charge is 0.354 e. The molecule has 1 atom stereocenters. The Morgan fingerprint density at radius 3 is 2.50 bits per heavy atom. The molecule has 0 aliphatic carbocycles. The van der Waals surface area contributed by atoms with Crippen molar-refractivity contribution in [2.75, 3.05) is 6.54 Å². The van der Waals surface area contributed by atoms with Crippen molar-refractivity contribution >= 4 is 27.1 Å². The van der Waals surface area contributed by atoms with Crippen LogP contribution in [-0.4, -0.2) is 20.9 Å². The fourth-order valence-corrected chi connectivity index (χ4v) is 5.41. The van der Waals surface area contributed by atoms with E-state index in [1.165, 1.54) is 30.4 Å². The Bertz CT molecular complexity index is 869. The summed E-state index contributed by atoms with van der Waals surface area (Å²) < 4.78 is 39.8. The number of hydrogen-bond donors (Lipinski definition) is 1. The molecule has 26 heavy (non-hydrogen) atoms. The van der Waals surface area contributed by atoms with Crippen LogP contribution >= 0.6 is 11.3 Å². The van der Waals surface area contributed by atoms with Gasteiger partial charge in [-0.1, -0.05) is 26.8 Å². The Labute approximate surface area is 158 Å². The molecule has 1 N–H and O–H groups in total. The molecule has 1 aromatic heterocycles. The van der Waals surface area contributed by atoms with Crippen molar-refractivity contribution in [3.05, 3.63) is 52.0 Å². The van der Waals surface area contributed by atoms with E-state index < -0.39 is 20.9 Å². The molecule has 4 nitrogen and oxygen atoms in total. The van der Waals surface area contributed by atoms with E-state index in [0.717, 1.165) is 6.07 Å². The highest BCUT2D eigenvalue weighted by Crippen LogP contribution is 2.32. The zero-order valence-corrected chi connectivity index (χ0v) is 17.0. The fourth-order valence-electron chi connectivity index (χ4n) is 2.55. The molecule has 142 valence electrons. The Kier molecular flexibility index (Phi) is 6.24. The topological polar surface area (TPSA) is 63.2 Å². The van der Waals surface area contributed by atoms with Crippen LogP contribution in [0.15, 0.2) is 40.6 Å². The van der Waals surface area contributed by atoms with Gasteiger partial charge in [0.25, 0.3) is 0 Å². The van der Waals surface area contributed by atoms with Gasteiger partial charge < -0.3 is 5.32 Å². The van der Waals surface area contributed by atoms with Crippen LogP contribution < -0.4 is 5.32 Å². The van der Waals surface area contributed by atoms with Gasteiger partial charge in [-0.25, -0.2) is 12.8 Å². The molecule has 0 radical (unpaired) electrons. The van der Waals surface area contributed by atoms with Gasteiger partial charge in [-0.3, -0.25) is 4.79 Å². The lowest BCUT2D eigenvalue weighted by atomic mass is 9.92. The lowest BCUT2D eigenvalue weighted by Crippen LogP contribution is -2.33. The van der Waals surface area contributed by atoms with E-state index >= 15 is 0 Å². The highest BCUT2D eigenvalue weighted by molar-refractivity contribution is 7.91. The number of carbonyl (C=O) groups is 1. The molecule has 0 spiro atoms. The SMILES string of the molecule is Cc1cc(S(=O)(=O)[C@@H](CNC(=O)CC(C)(C)C)c2cccs2)ccc1F. The molecular weight excluding hydrogens is 373 g/mol. The van der Waals surface area contributed by atoms with Gasteiger partial charge in [0.1, 0.15) is 11.1 Å². The predicted octanol–water partition coefficient (Wildman–Crippen LogP) is 4.26. The first-order valence-corrected chi connectivity index (χ1v) is 10.7. The minimum Gasteiger partial charge on any atom is -0.354 e. The van der Waals surface area contributed by atoms with Gasteiger partial charge in [-0.05, 0) is 47.5 Å². The Balaban J connectivity index is 2.30. The molecule has 0 aliphatic rings. The van der Waals surface area contributed by atoms with E-state index in [1.54, 1.807) is 17.5 Å². The summed E-state index contributed by atoms with van der Waals surface area (Å²) >= 11 is 1.32. The third-order valence-electron chi connectivity index (χ3n) is 3.87. The third-order valence-corrected chi connectivity index (χ3v) is 7.08. The zero-order valence-electron chi connectivity index (χ0n) is 15.4. The molecule has 2 rings (SSSR count). The van der Waals surface area contributed by atoms with Gasteiger partial charge in [0.2, 0.25) is 5.91 Å².